The molecule has 0 saturated heterocycles. The van der Waals surface area contributed by atoms with Gasteiger partial charge in [-0.15, -0.1) is 0 Å². The first-order valence-corrected chi connectivity index (χ1v) is 6.11. The number of halogens is 2. The summed E-state index contributed by atoms with van der Waals surface area (Å²) in [7, 11) is 1.49. The Hall–Kier alpha value is -2.30. The van der Waals surface area contributed by atoms with Crippen molar-refractivity contribution < 1.29 is 18.3 Å². The van der Waals surface area contributed by atoms with Crippen LogP contribution in [0.5, 0.6) is 11.5 Å². The molecule has 106 valence electrons. The average Bonchev–Trinajstić information content (AvgIpc) is 2.44. The third-order valence-electron chi connectivity index (χ3n) is 2.88. The molecule has 0 amide bonds. The Bertz CT molecular complexity index is 602. The van der Waals surface area contributed by atoms with Crippen LogP contribution < -0.4 is 15.2 Å². The van der Waals surface area contributed by atoms with Crippen LogP contribution in [0.4, 0.5) is 14.5 Å². The predicted octanol–water partition coefficient (Wildman–Crippen LogP) is 3.18. The molecule has 0 aliphatic carbocycles. The molecule has 0 spiro atoms. The van der Waals surface area contributed by atoms with Gasteiger partial charge in [0, 0.05) is 18.1 Å². The first-order chi connectivity index (χ1) is 9.61. The zero-order valence-electron chi connectivity index (χ0n) is 11.0. The molecule has 3 nitrogen and oxygen atoms in total. The number of nitrogen functional groups attached to an aromatic ring is 1. The van der Waals surface area contributed by atoms with Crippen LogP contribution >= 0.6 is 0 Å². The number of methoxy groups -OCH3 is 1. The molecule has 0 fully saturated rings. The zero-order chi connectivity index (χ0) is 14.5. The zero-order valence-corrected chi connectivity index (χ0v) is 11.0. The van der Waals surface area contributed by atoms with E-state index in [1.807, 2.05) is 0 Å². The number of anilines is 1. The minimum absolute atomic E-state index is 0.0194. The summed E-state index contributed by atoms with van der Waals surface area (Å²) in [6, 6.07) is 8.74. The number of hydrogen-bond donors (Lipinski definition) is 1. The van der Waals surface area contributed by atoms with Crippen LogP contribution in [0, 0.1) is 11.6 Å². The second-order valence-corrected chi connectivity index (χ2v) is 4.20. The normalized spacial score (nSPS) is 10.3. The molecule has 0 bridgehead atoms. The fourth-order valence-electron chi connectivity index (χ4n) is 1.86. The summed E-state index contributed by atoms with van der Waals surface area (Å²) in [5.41, 5.74) is 5.91. The smallest absolute Gasteiger partial charge is 0.146 e. The maximum absolute atomic E-state index is 13.7. The minimum atomic E-state index is -0.492. The molecular weight excluding hydrogens is 264 g/mol. The van der Waals surface area contributed by atoms with Gasteiger partial charge in [-0.3, -0.25) is 0 Å². The Morgan fingerprint density at radius 1 is 1.10 bits per heavy atom. The molecule has 2 aromatic rings. The average molecular weight is 279 g/mol. The van der Waals surface area contributed by atoms with Crippen LogP contribution in [-0.2, 0) is 6.42 Å². The third-order valence-corrected chi connectivity index (χ3v) is 2.88. The van der Waals surface area contributed by atoms with Crippen molar-refractivity contribution in [1.29, 1.82) is 0 Å². The highest BCUT2D eigenvalue weighted by molar-refractivity contribution is 5.45. The molecule has 2 aromatic carbocycles. The van der Waals surface area contributed by atoms with Gasteiger partial charge in [0.1, 0.15) is 23.1 Å². The van der Waals surface area contributed by atoms with Crippen molar-refractivity contribution in [3.63, 3.8) is 0 Å². The van der Waals surface area contributed by atoms with E-state index in [0.29, 0.717) is 23.5 Å². The fraction of sp³-hybridized carbons (Fsp3) is 0.200. The van der Waals surface area contributed by atoms with Crippen molar-refractivity contribution in [2.24, 2.45) is 0 Å². The second kappa shape index (κ2) is 6.23. The van der Waals surface area contributed by atoms with Gasteiger partial charge in [-0.2, -0.15) is 0 Å². The third kappa shape index (κ3) is 3.17. The van der Waals surface area contributed by atoms with Gasteiger partial charge >= 0.3 is 0 Å². The molecule has 0 saturated carbocycles. The van der Waals surface area contributed by atoms with Gasteiger partial charge in [-0.25, -0.2) is 8.78 Å². The first-order valence-electron chi connectivity index (χ1n) is 6.11. The number of benzene rings is 2. The lowest BCUT2D eigenvalue weighted by Gasteiger charge is -2.11. The molecular formula is C15H15F2NO2. The standard InChI is InChI=1S/C15H15F2NO2/c1-19-15-4-2-3-12(16)11(15)7-8-20-10-5-6-13(17)14(18)9-10/h2-6,9H,7-8,18H2,1H3. The highest BCUT2D eigenvalue weighted by Gasteiger charge is 2.09. The maximum atomic E-state index is 13.7. The molecule has 0 atom stereocenters. The van der Waals surface area contributed by atoms with Gasteiger partial charge in [0.15, 0.2) is 0 Å². The molecule has 0 radical (unpaired) electrons. The van der Waals surface area contributed by atoms with E-state index in [1.54, 1.807) is 12.1 Å². The minimum Gasteiger partial charge on any atom is -0.496 e. The van der Waals surface area contributed by atoms with E-state index in [2.05, 4.69) is 0 Å². The van der Waals surface area contributed by atoms with E-state index >= 15 is 0 Å². The van der Waals surface area contributed by atoms with Gasteiger partial charge in [-0.1, -0.05) is 6.07 Å². The fourth-order valence-corrected chi connectivity index (χ4v) is 1.86. The highest BCUT2D eigenvalue weighted by atomic mass is 19.1. The SMILES string of the molecule is COc1cccc(F)c1CCOc1ccc(F)c(N)c1. The van der Waals surface area contributed by atoms with E-state index < -0.39 is 5.82 Å². The lowest BCUT2D eigenvalue weighted by atomic mass is 10.1. The number of ether oxygens (including phenoxy) is 2. The van der Waals surface area contributed by atoms with Crippen molar-refractivity contribution in [1.82, 2.24) is 0 Å². The first kappa shape index (κ1) is 14.1. The maximum Gasteiger partial charge on any atom is 0.146 e. The molecule has 2 rings (SSSR count). The van der Waals surface area contributed by atoms with Crippen LogP contribution in [0.2, 0.25) is 0 Å². The number of nitrogens with two attached hydrogens (primary N) is 1. The highest BCUT2D eigenvalue weighted by Crippen LogP contribution is 2.23. The van der Waals surface area contributed by atoms with Crippen molar-refractivity contribution >= 4 is 5.69 Å². The summed E-state index contributed by atoms with van der Waals surface area (Å²) in [4.78, 5) is 0. The molecule has 0 aliphatic rings. The topological polar surface area (TPSA) is 44.5 Å². The summed E-state index contributed by atoms with van der Waals surface area (Å²) in [5.74, 6) is 0.0890. The lowest BCUT2D eigenvalue weighted by molar-refractivity contribution is 0.315. The Kier molecular flexibility index (Phi) is 4.40. The van der Waals surface area contributed by atoms with Crippen molar-refractivity contribution in [2.45, 2.75) is 6.42 Å². The molecule has 5 heteroatoms. The van der Waals surface area contributed by atoms with Crippen molar-refractivity contribution in [2.75, 3.05) is 19.5 Å². The number of rotatable bonds is 5. The quantitative estimate of drug-likeness (QED) is 0.855. The number of hydrogen-bond acceptors (Lipinski definition) is 3. The summed E-state index contributed by atoms with van der Waals surface area (Å²) < 4.78 is 37.2. The summed E-state index contributed by atoms with van der Waals surface area (Å²) in [6.07, 6.45) is 0.340. The van der Waals surface area contributed by atoms with E-state index in [9.17, 15) is 8.78 Å². The van der Waals surface area contributed by atoms with Crippen LogP contribution in [0.15, 0.2) is 36.4 Å². The molecule has 2 N–H and O–H groups in total. The van der Waals surface area contributed by atoms with Crippen molar-refractivity contribution in [3.05, 3.63) is 53.6 Å². The van der Waals surface area contributed by atoms with Gasteiger partial charge in [0.05, 0.1) is 19.4 Å². The Labute approximate surface area is 115 Å². The summed E-state index contributed by atoms with van der Waals surface area (Å²) >= 11 is 0. The Morgan fingerprint density at radius 2 is 1.90 bits per heavy atom. The Balaban J connectivity index is 2.01. The van der Waals surface area contributed by atoms with Gasteiger partial charge in [-0.05, 0) is 24.3 Å². The summed E-state index contributed by atoms with van der Waals surface area (Å²) in [5, 5.41) is 0. The molecule has 0 aromatic heterocycles. The van der Waals surface area contributed by atoms with E-state index in [-0.39, 0.29) is 18.1 Å². The largest absolute Gasteiger partial charge is 0.496 e. The van der Waals surface area contributed by atoms with Crippen molar-refractivity contribution in [3.8, 4) is 11.5 Å². The van der Waals surface area contributed by atoms with Crippen LogP contribution in [0.1, 0.15) is 5.56 Å². The van der Waals surface area contributed by atoms with Gasteiger partial charge in [0.25, 0.3) is 0 Å². The molecule has 0 unspecified atom stereocenters. The van der Waals surface area contributed by atoms with Crippen LogP contribution in [0.3, 0.4) is 0 Å². The van der Waals surface area contributed by atoms with Crippen LogP contribution in [-0.4, -0.2) is 13.7 Å². The molecule has 0 heterocycles. The second-order valence-electron chi connectivity index (χ2n) is 4.20. The van der Waals surface area contributed by atoms with E-state index in [1.165, 1.54) is 31.4 Å². The van der Waals surface area contributed by atoms with Gasteiger partial charge < -0.3 is 15.2 Å². The summed E-state index contributed by atoms with van der Waals surface area (Å²) in [6.45, 7) is 0.238. The molecule has 20 heavy (non-hydrogen) atoms. The molecule has 0 aliphatic heterocycles. The van der Waals surface area contributed by atoms with Gasteiger partial charge in [0.2, 0.25) is 0 Å². The predicted molar refractivity (Wildman–Crippen MR) is 73.0 cm³/mol. The van der Waals surface area contributed by atoms with E-state index in [0.717, 1.165) is 0 Å². The van der Waals surface area contributed by atoms with Crippen LogP contribution in [0.25, 0.3) is 0 Å². The Morgan fingerprint density at radius 3 is 2.60 bits per heavy atom. The lowest BCUT2D eigenvalue weighted by Crippen LogP contribution is -2.05. The monoisotopic (exact) mass is 279 g/mol. The van der Waals surface area contributed by atoms with E-state index in [4.69, 9.17) is 15.2 Å².